The summed E-state index contributed by atoms with van der Waals surface area (Å²) in [4.78, 5) is 27.1. The highest BCUT2D eigenvalue weighted by atomic mass is 35.5. The zero-order valence-corrected chi connectivity index (χ0v) is 15.3. The second-order valence-electron chi connectivity index (χ2n) is 5.25. The number of carbonyl (C=O) groups excluding carboxylic acids is 2. The molecule has 0 aliphatic heterocycles. The van der Waals surface area contributed by atoms with Crippen molar-refractivity contribution in [1.29, 1.82) is 0 Å². The van der Waals surface area contributed by atoms with Crippen LogP contribution in [0, 0.1) is 0 Å². The molecule has 1 aromatic heterocycles. The lowest BCUT2D eigenvalue weighted by atomic mass is 10.2. The number of benzene rings is 1. The van der Waals surface area contributed by atoms with Crippen LogP contribution in [0.1, 0.15) is 15.9 Å². The summed E-state index contributed by atoms with van der Waals surface area (Å²) in [6, 6.07) is 6.58. The van der Waals surface area contributed by atoms with Gasteiger partial charge in [0.1, 0.15) is 6.61 Å². The number of anilines is 1. The molecule has 0 saturated carbocycles. The highest BCUT2D eigenvalue weighted by molar-refractivity contribution is 6.33. The zero-order chi connectivity index (χ0) is 19.8. The van der Waals surface area contributed by atoms with Gasteiger partial charge in [0.15, 0.2) is 17.3 Å². The molecule has 0 aliphatic carbocycles. The van der Waals surface area contributed by atoms with Crippen LogP contribution in [-0.4, -0.2) is 30.5 Å². The first-order valence-electron chi connectivity index (χ1n) is 7.80. The highest BCUT2D eigenvalue weighted by Gasteiger charge is 2.09. The van der Waals surface area contributed by atoms with Crippen LogP contribution in [0.4, 0.5) is 5.82 Å². The molecule has 0 atom stereocenters. The predicted octanol–water partition coefficient (Wildman–Crippen LogP) is 3.06. The quantitative estimate of drug-likeness (QED) is 0.535. The van der Waals surface area contributed by atoms with Gasteiger partial charge in [-0.15, -0.1) is 0 Å². The van der Waals surface area contributed by atoms with Crippen LogP contribution in [0.25, 0.3) is 6.08 Å². The molecule has 0 unspecified atom stereocenters. The van der Waals surface area contributed by atoms with Crippen molar-refractivity contribution in [3.63, 3.8) is 0 Å². The number of carbonyl (C=O) groups is 2. The lowest BCUT2D eigenvalue weighted by Gasteiger charge is -2.09. The maximum Gasteiger partial charge on any atom is 0.250 e. The Hall–Kier alpha value is -3.32. The minimum Gasteiger partial charge on any atom is -0.493 e. The van der Waals surface area contributed by atoms with Crippen LogP contribution < -0.4 is 20.5 Å². The Balaban J connectivity index is 2.08. The number of primary amides is 1. The Morgan fingerprint density at radius 1 is 1.33 bits per heavy atom. The number of halogens is 1. The van der Waals surface area contributed by atoms with Crippen molar-refractivity contribution in [2.24, 2.45) is 5.73 Å². The molecule has 1 heterocycles. The number of ether oxygens (including phenoxy) is 2. The number of pyridine rings is 1. The Morgan fingerprint density at radius 3 is 2.74 bits per heavy atom. The fourth-order valence-corrected chi connectivity index (χ4v) is 2.26. The van der Waals surface area contributed by atoms with E-state index in [0.717, 1.165) is 5.56 Å². The summed E-state index contributed by atoms with van der Waals surface area (Å²) in [7, 11) is 1.53. The molecule has 0 fully saturated rings. The van der Waals surface area contributed by atoms with E-state index in [2.05, 4.69) is 16.9 Å². The van der Waals surface area contributed by atoms with Crippen molar-refractivity contribution >= 4 is 35.3 Å². The van der Waals surface area contributed by atoms with Crippen LogP contribution in [0.2, 0.25) is 5.02 Å². The second kappa shape index (κ2) is 9.40. The smallest absolute Gasteiger partial charge is 0.250 e. The molecule has 0 bridgehead atoms. The number of nitrogens with one attached hydrogen (secondary N) is 1. The van der Waals surface area contributed by atoms with Gasteiger partial charge in [-0.2, -0.15) is 0 Å². The third-order valence-electron chi connectivity index (χ3n) is 3.34. The number of aromatic nitrogens is 1. The topological polar surface area (TPSA) is 104 Å². The molecular formula is C19H18ClN3O4. The summed E-state index contributed by atoms with van der Waals surface area (Å²) in [6.07, 6.45) is 5.78. The van der Waals surface area contributed by atoms with E-state index in [-0.39, 0.29) is 16.4 Å². The van der Waals surface area contributed by atoms with E-state index < -0.39 is 11.8 Å². The van der Waals surface area contributed by atoms with Gasteiger partial charge in [-0.05, 0) is 29.8 Å². The summed E-state index contributed by atoms with van der Waals surface area (Å²) in [5.41, 5.74) is 6.03. The molecule has 7 nitrogen and oxygen atoms in total. The van der Waals surface area contributed by atoms with E-state index in [1.807, 2.05) is 0 Å². The molecule has 140 valence electrons. The van der Waals surface area contributed by atoms with Crippen molar-refractivity contribution in [2.75, 3.05) is 19.0 Å². The maximum absolute atomic E-state index is 12.1. The van der Waals surface area contributed by atoms with Crippen molar-refractivity contribution in [2.45, 2.75) is 0 Å². The second-order valence-corrected chi connectivity index (χ2v) is 5.66. The van der Waals surface area contributed by atoms with Gasteiger partial charge in [-0.3, -0.25) is 9.59 Å². The molecule has 2 rings (SSSR count). The Labute approximate surface area is 161 Å². The lowest BCUT2D eigenvalue weighted by molar-refractivity contribution is -0.111. The van der Waals surface area contributed by atoms with Gasteiger partial charge in [0.2, 0.25) is 11.8 Å². The summed E-state index contributed by atoms with van der Waals surface area (Å²) < 4.78 is 10.7. The fourth-order valence-electron chi connectivity index (χ4n) is 2.05. The zero-order valence-electron chi connectivity index (χ0n) is 14.6. The molecule has 8 heteroatoms. The van der Waals surface area contributed by atoms with E-state index >= 15 is 0 Å². The van der Waals surface area contributed by atoms with Gasteiger partial charge in [-0.25, -0.2) is 4.98 Å². The molecule has 3 N–H and O–H groups in total. The molecule has 1 aromatic carbocycles. The van der Waals surface area contributed by atoms with Crippen molar-refractivity contribution in [1.82, 2.24) is 4.98 Å². The summed E-state index contributed by atoms with van der Waals surface area (Å²) in [5.74, 6) is 0.136. The van der Waals surface area contributed by atoms with Gasteiger partial charge in [0, 0.05) is 12.3 Å². The number of methoxy groups -OCH3 is 1. The fraction of sp³-hybridized carbons (Fsp3) is 0.105. The van der Waals surface area contributed by atoms with E-state index in [0.29, 0.717) is 18.1 Å². The van der Waals surface area contributed by atoms with Crippen LogP contribution in [0.15, 0.2) is 49.2 Å². The third kappa shape index (κ3) is 5.58. The van der Waals surface area contributed by atoms with Crippen molar-refractivity contribution in [3.05, 3.63) is 65.3 Å². The summed E-state index contributed by atoms with van der Waals surface area (Å²) in [6.45, 7) is 3.95. The monoisotopic (exact) mass is 387 g/mol. The van der Waals surface area contributed by atoms with E-state index in [1.54, 1.807) is 30.4 Å². The first kappa shape index (κ1) is 20.0. The average Bonchev–Trinajstić information content (AvgIpc) is 2.66. The summed E-state index contributed by atoms with van der Waals surface area (Å²) in [5, 5.41) is 2.64. The molecule has 0 aliphatic rings. The Kier molecular flexibility index (Phi) is 6.96. The van der Waals surface area contributed by atoms with Gasteiger partial charge < -0.3 is 20.5 Å². The van der Waals surface area contributed by atoms with Crippen LogP contribution in [-0.2, 0) is 4.79 Å². The first-order valence-corrected chi connectivity index (χ1v) is 8.18. The van der Waals surface area contributed by atoms with Gasteiger partial charge in [0.05, 0.1) is 17.7 Å². The number of nitrogens with zero attached hydrogens (tertiary/aromatic N) is 1. The number of hydrogen-bond acceptors (Lipinski definition) is 5. The van der Waals surface area contributed by atoms with Crippen LogP contribution in [0.3, 0.4) is 0 Å². The number of hydrogen-bond donors (Lipinski definition) is 2. The minimum absolute atomic E-state index is 0.110. The molecule has 0 spiro atoms. The third-order valence-corrected chi connectivity index (χ3v) is 3.63. The number of nitrogens with two attached hydrogens (primary N) is 1. The number of amides is 2. The normalized spacial score (nSPS) is 10.4. The van der Waals surface area contributed by atoms with E-state index in [4.69, 9.17) is 26.8 Å². The van der Waals surface area contributed by atoms with Gasteiger partial charge >= 0.3 is 0 Å². The average molecular weight is 388 g/mol. The predicted molar refractivity (Wildman–Crippen MR) is 104 cm³/mol. The maximum atomic E-state index is 12.1. The van der Waals surface area contributed by atoms with Crippen molar-refractivity contribution in [3.8, 4) is 11.5 Å². The van der Waals surface area contributed by atoms with Crippen molar-refractivity contribution < 1.29 is 19.1 Å². The SMILES string of the molecule is C=CCOc1ccc(/C=C\C(=O)Nc2ncc(C(N)=O)cc2Cl)cc1OC. The molecule has 27 heavy (non-hydrogen) atoms. The number of rotatable bonds is 8. The largest absolute Gasteiger partial charge is 0.493 e. The first-order chi connectivity index (χ1) is 12.9. The van der Waals surface area contributed by atoms with Gasteiger partial charge in [0.25, 0.3) is 0 Å². The van der Waals surface area contributed by atoms with Crippen LogP contribution >= 0.6 is 11.6 Å². The van der Waals surface area contributed by atoms with E-state index in [9.17, 15) is 9.59 Å². The Morgan fingerprint density at radius 2 is 2.11 bits per heavy atom. The molecule has 2 amide bonds. The molecule has 2 aromatic rings. The van der Waals surface area contributed by atoms with Gasteiger partial charge in [-0.1, -0.05) is 30.3 Å². The Bertz CT molecular complexity index is 897. The van der Waals surface area contributed by atoms with E-state index in [1.165, 1.54) is 25.4 Å². The highest BCUT2D eigenvalue weighted by Crippen LogP contribution is 2.28. The molecule has 0 saturated heterocycles. The van der Waals surface area contributed by atoms with Crippen LogP contribution in [0.5, 0.6) is 11.5 Å². The summed E-state index contributed by atoms with van der Waals surface area (Å²) >= 11 is 5.99. The lowest BCUT2D eigenvalue weighted by Crippen LogP contribution is -2.13. The molecular weight excluding hydrogens is 370 g/mol. The standard InChI is InChI=1S/C19H18ClN3O4/c1-3-8-27-15-6-4-12(9-16(15)26-2)5-7-17(24)23-19-14(20)10-13(11-22-19)18(21)25/h3-7,9-11H,1,8H2,2H3,(H2,21,25)(H,22,23,24)/b7-5-. The molecule has 0 radical (unpaired) electrons. The minimum atomic E-state index is -0.656.